The Morgan fingerprint density at radius 1 is 1.22 bits per heavy atom. The predicted molar refractivity (Wildman–Crippen MR) is 90.1 cm³/mol. The Labute approximate surface area is 139 Å². The van der Waals surface area contributed by atoms with Gasteiger partial charge < -0.3 is 4.57 Å². The number of hydrogen-bond acceptors (Lipinski definition) is 3. The molecule has 5 unspecified atom stereocenters. The number of carbonyl (C=O) groups excluding carboxylic acids is 2. The first kappa shape index (κ1) is 15.2. The third-order valence-corrected chi connectivity index (χ3v) is 9.13. The van der Waals surface area contributed by atoms with E-state index in [0.717, 1.165) is 0 Å². The first-order chi connectivity index (χ1) is 10.8. The molecular weight excluding hydrogens is 333 g/mol. The average Bonchev–Trinajstić information content (AvgIpc) is 2.75. The van der Waals surface area contributed by atoms with Gasteiger partial charge in [-0.1, -0.05) is 42.8 Å². The van der Waals surface area contributed by atoms with Crippen LogP contribution in [0, 0.1) is 17.3 Å². The third-order valence-electron chi connectivity index (χ3n) is 5.56. The van der Waals surface area contributed by atoms with Gasteiger partial charge in [-0.2, -0.15) is 0 Å². The van der Waals surface area contributed by atoms with Crippen molar-refractivity contribution in [1.82, 2.24) is 0 Å². The molecule has 5 atom stereocenters. The fourth-order valence-electron chi connectivity index (χ4n) is 4.56. The SMILES string of the molecule is CC12CP(C)(=O)C(C=C1Cl)C1C(=O)N(c3ccccc3)C(=O)C12. The van der Waals surface area contributed by atoms with E-state index in [0.29, 0.717) is 16.9 Å². The number of rotatable bonds is 1. The molecule has 4 aliphatic rings. The van der Waals surface area contributed by atoms with Crippen LogP contribution >= 0.6 is 18.7 Å². The maximum absolute atomic E-state index is 13.0. The van der Waals surface area contributed by atoms with E-state index in [1.54, 1.807) is 37.0 Å². The number of anilines is 1. The molecule has 120 valence electrons. The number of amides is 2. The summed E-state index contributed by atoms with van der Waals surface area (Å²) < 4.78 is 13.0. The van der Waals surface area contributed by atoms with Gasteiger partial charge in [0.2, 0.25) is 11.8 Å². The molecule has 23 heavy (non-hydrogen) atoms. The van der Waals surface area contributed by atoms with E-state index in [1.807, 2.05) is 13.0 Å². The van der Waals surface area contributed by atoms with Gasteiger partial charge in [-0.15, -0.1) is 0 Å². The molecule has 2 bridgehead atoms. The largest absolute Gasteiger partial charge is 0.323 e. The van der Waals surface area contributed by atoms with Crippen LogP contribution in [0.25, 0.3) is 0 Å². The van der Waals surface area contributed by atoms with Crippen LogP contribution in [-0.2, 0) is 14.2 Å². The summed E-state index contributed by atoms with van der Waals surface area (Å²) in [4.78, 5) is 27.3. The van der Waals surface area contributed by atoms with Crippen LogP contribution in [0.1, 0.15) is 6.92 Å². The number of carbonyl (C=O) groups is 2. The molecule has 1 aliphatic carbocycles. The molecule has 3 aliphatic heterocycles. The minimum atomic E-state index is -2.56. The van der Waals surface area contributed by atoms with Gasteiger partial charge in [-0.25, -0.2) is 4.90 Å². The Hall–Kier alpha value is -1.38. The van der Waals surface area contributed by atoms with Gasteiger partial charge in [0, 0.05) is 22.3 Å². The summed E-state index contributed by atoms with van der Waals surface area (Å²) in [5.74, 6) is -1.53. The molecule has 5 rings (SSSR count). The second-order valence-electron chi connectivity index (χ2n) is 7.11. The zero-order chi connectivity index (χ0) is 16.6. The van der Waals surface area contributed by atoms with Crippen molar-refractivity contribution in [1.29, 1.82) is 0 Å². The van der Waals surface area contributed by atoms with Crippen LogP contribution in [0.2, 0.25) is 0 Å². The fraction of sp³-hybridized carbons (Fsp3) is 0.412. The zero-order valence-electron chi connectivity index (χ0n) is 12.9. The van der Waals surface area contributed by atoms with Crippen LogP contribution in [0.3, 0.4) is 0 Å². The summed E-state index contributed by atoms with van der Waals surface area (Å²) in [6.07, 6.45) is 2.16. The Morgan fingerprint density at radius 3 is 2.52 bits per heavy atom. The Kier molecular flexibility index (Phi) is 3.02. The summed E-state index contributed by atoms with van der Waals surface area (Å²) in [5, 5.41) is 0.577. The number of hydrogen-bond donors (Lipinski definition) is 0. The maximum Gasteiger partial charge on any atom is 0.238 e. The van der Waals surface area contributed by atoms with Crippen molar-refractivity contribution in [3.63, 3.8) is 0 Å². The first-order valence-corrected chi connectivity index (χ1v) is 10.4. The van der Waals surface area contributed by atoms with Crippen molar-refractivity contribution in [2.45, 2.75) is 12.6 Å². The second kappa shape index (κ2) is 4.58. The highest BCUT2D eigenvalue weighted by Crippen LogP contribution is 2.70. The first-order valence-electron chi connectivity index (χ1n) is 7.64. The maximum atomic E-state index is 13.0. The molecule has 2 amide bonds. The van der Waals surface area contributed by atoms with Crippen LogP contribution < -0.4 is 4.90 Å². The van der Waals surface area contributed by atoms with Crippen molar-refractivity contribution in [3.8, 4) is 0 Å². The number of allylic oxidation sites excluding steroid dienone is 2. The number of halogens is 1. The molecule has 0 saturated carbocycles. The fourth-order valence-corrected chi connectivity index (χ4v) is 8.38. The van der Waals surface area contributed by atoms with Gasteiger partial charge in [0.1, 0.15) is 0 Å². The molecular formula is C17H17ClNO3P. The van der Waals surface area contributed by atoms with Crippen LogP contribution in [-0.4, -0.2) is 30.3 Å². The lowest BCUT2D eigenvalue weighted by Gasteiger charge is -2.50. The molecule has 2 fully saturated rings. The lowest BCUT2D eigenvalue weighted by atomic mass is 9.67. The number of benzene rings is 1. The number of fused-ring (bicyclic) bond motifs is 1. The van der Waals surface area contributed by atoms with Gasteiger partial charge in [-0.05, 0) is 18.8 Å². The summed E-state index contributed by atoms with van der Waals surface area (Å²) in [7, 11) is -2.56. The van der Waals surface area contributed by atoms with Gasteiger partial charge in [0.25, 0.3) is 0 Å². The Bertz CT molecular complexity index is 805. The van der Waals surface area contributed by atoms with E-state index < -0.39 is 30.1 Å². The highest BCUT2D eigenvalue weighted by molar-refractivity contribution is 7.64. The van der Waals surface area contributed by atoms with Gasteiger partial charge in [0.15, 0.2) is 0 Å². The van der Waals surface area contributed by atoms with Crippen molar-refractivity contribution >= 4 is 36.2 Å². The Balaban J connectivity index is 1.88. The van der Waals surface area contributed by atoms with E-state index >= 15 is 0 Å². The van der Waals surface area contributed by atoms with Crippen LogP contribution in [0.4, 0.5) is 5.69 Å². The van der Waals surface area contributed by atoms with Crippen molar-refractivity contribution in [2.24, 2.45) is 17.3 Å². The van der Waals surface area contributed by atoms with E-state index in [1.165, 1.54) is 4.90 Å². The summed E-state index contributed by atoms with van der Waals surface area (Å²) >= 11 is 6.41. The van der Waals surface area contributed by atoms with E-state index in [9.17, 15) is 14.2 Å². The highest BCUT2D eigenvalue weighted by atomic mass is 35.5. The summed E-state index contributed by atoms with van der Waals surface area (Å²) in [6, 6.07) is 8.93. The molecule has 0 radical (unpaired) electrons. The normalized spacial score (nSPS) is 42.0. The van der Waals surface area contributed by atoms with Gasteiger partial charge in [-0.3, -0.25) is 9.59 Å². The van der Waals surface area contributed by atoms with Crippen molar-refractivity contribution < 1.29 is 14.2 Å². The van der Waals surface area contributed by atoms with E-state index in [4.69, 9.17) is 11.6 Å². The quantitative estimate of drug-likeness (QED) is 0.577. The topological polar surface area (TPSA) is 54.5 Å². The lowest BCUT2D eigenvalue weighted by Crippen LogP contribution is -2.51. The predicted octanol–water partition coefficient (Wildman–Crippen LogP) is 3.31. The molecule has 0 aromatic heterocycles. The molecule has 0 spiro atoms. The molecule has 1 aromatic carbocycles. The average molecular weight is 350 g/mol. The smallest absolute Gasteiger partial charge is 0.238 e. The Morgan fingerprint density at radius 2 is 1.87 bits per heavy atom. The van der Waals surface area contributed by atoms with Crippen LogP contribution in [0.15, 0.2) is 41.4 Å². The summed E-state index contributed by atoms with van der Waals surface area (Å²) in [5.41, 5.74) is -0.560. The lowest BCUT2D eigenvalue weighted by molar-refractivity contribution is -0.123. The molecule has 1 aromatic rings. The van der Waals surface area contributed by atoms with Crippen molar-refractivity contribution in [2.75, 3.05) is 17.7 Å². The zero-order valence-corrected chi connectivity index (χ0v) is 14.6. The number of para-hydroxylation sites is 1. The van der Waals surface area contributed by atoms with E-state index in [2.05, 4.69) is 0 Å². The van der Waals surface area contributed by atoms with Crippen molar-refractivity contribution in [3.05, 3.63) is 41.4 Å². The third kappa shape index (κ3) is 1.82. The standard InChI is InChI=1S/C17H17ClNO3P/c1-17-9-23(2,22)11(8-12(17)18)13-14(17)16(21)19(15(13)20)10-6-4-3-5-7-10/h3-8,11,13-14H,9H2,1-2H3. The number of imide groups is 1. The van der Waals surface area contributed by atoms with Gasteiger partial charge >= 0.3 is 0 Å². The van der Waals surface area contributed by atoms with Gasteiger partial charge in [0.05, 0.1) is 24.7 Å². The minimum Gasteiger partial charge on any atom is -0.323 e. The molecule has 2 saturated heterocycles. The van der Waals surface area contributed by atoms with E-state index in [-0.39, 0.29) is 11.8 Å². The second-order valence-corrected chi connectivity index (χ2v) is 10.8. The minimum absolute atomic E-state index is 0.218. The monoisotopic (exact) mass is 349 g/mol. The summed E-state index contributed by atoms with van der Waals surface area (Å²) in [6.45, 7) is 3.60. The number of nitrogens with zero attached hydrogens (tertiary/aromatic N) is 1. The molecule has 3 heterocycles. The molecule has 0 N–H and O–H groups in total. The molecule has 4 nitrogen and oxygen atoms in total. The molecule has 6 heteroatoms. The van der Waals surface area contributed by atoms with Crippen LogP contribution in [0.5, 0.6) is 0 Å². The highest BCUT2D eigenvalue weighted by Gasteiger charge is 2.68.